The quantitative estimate of drug-likeness (QED) is 0.678. The van der Waals surface area contributed by atoms with Gasteiger partial charge in [-0.3, -0.25) is 4.90 Å². The van der Waals surface area contributed by atoms with Gasteiger partial charge in [0, 0.05) is 44.3 Å². The van der Waals surface area contributed by atoms with Crippen LogP contribution in [0.25, 0.3) is 11.0 Å². The minimum atomic E-state index is 0.528. The molecule has 6 heteroatoms. The number of aromatic nitrogens is 3. The van der Waals surface area contributed by atoms with Crippen molar-refractivity contribution in [2.24, 2.45) is 0 Å². The third kappa shape index (κ3) is 3.54. The number of pyridine rings is 1. The van der Waals surface area contributed by atoms with E-state index < -0.39 is 0 Å². The molecule has 5 nitrogen and oxygen atoms in total. The average Bonchev–Trinajstić information content (AvgIpc) is 3.36. The lowest BCUT2D eigenvalue weighted by molar-refractivity contribution is 0.179. The Morgan fingerprint density at radius 1 is 1.11 bits per heavy atom. The maximum atomic E-state index is 6.04. The van der Waals surface area contributed by atoms with E-state index in [1.54, 1.807) is 6.20 Å². The maximum absolute atomic E-state index is 6.04. The molecule has 0 aliphatic carbocycles. The molecule has 0 radical (unpaired) electrons. The van der Waals surface area contributed by atoms with E-state index >= 15 is 0 Å². The summed E-state index contributed by atoms with van der Waals surface area (Å²) in [5, 5.41) is 4.08. The molecule has 28 heavy (non-hydrogen) atoms. The molecule has 1 aromatic carbocycles. The van der Waals surface area contributed by atoms with Gasteiger partial charge in [0.1, 0.15) is 11.0 Å². The van der Waals surface area contributed by atoms with Gasteiger partial charge in [-0.25, -0.2) is 9.97 Å². The Labute approximate surface area is 170 Å². The molecule has 146 valence electrons. The molecule has 3 aromatic rings. The zero-order valence-electron chi connectivity index (χ0n) is 16.0. The average molecular weight is 396 g/mol. The molecule has 2 saturated heterocycles. The molecule has 1 N–H and O–H groups in total. The summed E-state index contributed by atoms with van der Waals surface area (Å²) in [6.45, 7) is 5.28. The predicted octanol–water partition coefficient (Wildman–Crippen LogP) is 4.00. The number of hydrogen-bond donors (Lipinski definition) is 1. The maximum Gasteiger partial charge on any atom is 0.129 e. The van der Waals surface area contributed by atoms with E-state index in [9.17, 15) is 0 Å². The van der Waals surface area contributed by atoms with E-state index in [0.717, 1.165) is 51.1 Å². The van der Waals surface area contributed by atoms with Crippen molar-refractivity contribution in [1.29, 1.82) is 0 Å². The lowest BCUT2D eigenvalue weighted by Gasteiger charge is -2.34. The Morgan fingerprint density at radius 2 is 1.96 bits per heavy atom. The highest BCUT2D eigenvalue weighted by Crippen LogP contribution is 2.33. The predicted molar refractivity (Wildman–Crippen MR) is 113 cm³/mol. The summed E-state index contributed by atoms with van der Waals surface area (Å²) in [6, 6.07) is 13.2. The summed E-state index contributed by atoms with van der Waals surface area (Å²) in [7, 11) is 0. The third-order valence-electron chi connectivity index (χ3n) is 6.17. The highest BCUT2D eigenvalue weighted by Gasteiger charge is 2.29. The molecule has 1 atom stereocenters. The standard InChI is InChI=1S/C22H26ClN5/c23-21-13-16(5-10-25-21)15-27-11-7-18(8-12-27)28-20-4-2-1-3-19(20)26-22(28)17-6-9-24-14-17/h1-5,10,13,17-18,24H,6-9,11-12,14-15H2/t17-/m1/s1. The van der Waals surface area contributed by atoms with Crippen LogP contribution in [0.2, 0.25) is 5.15 Å². The van der Waals surface area contributed by atoms with Crippen molar-refractivity contribution >= 4 is 22.6 Å². The molecule has 4 heterocycles. The monoisotopic (exact) mass is 395 g/mol. The molecule has 0 amide bonds. The van der Waals surface area contributed by atoms with Crippen molar-refractivity contribution in [2.45, 2.75) is 37.8 Å². The first-order valence-corrected chi connectivity index (χ1v) is 10.7. The van der Waals surface area contributed by atoms with E-state index in [2.05, 4.69) is 50.1 Å². The van der Waals surface area contributed by atoms with E-state index in [1.165, 1.54) is 23.3 Å². The van der Waals surface area contributed by atoms with Crippen LogP contribution in [-0.2, 0) is 6.54 Å². The molecular weight excluding hydrogens is 370 g/mol. The van der Waals surface area contributed by atoms with Crippen LogP contribution >= 0.6 is 11.6 Å². The summed E-state index contributed by atoms with van der Waals surface area (Å²) in [5.74, 6) is 1.81. The van der Waals surface area contributed by atoms with Crippen LogP contribution in [0.4, 0.5) is 0 Å². The number of para-hydroxylation sites is 2. The fraction of sp³-hybridized carbons (Fsp3) is 0.455. The van der Waals surface area contributed by atoms with E-state index in [4.69, 9.17) is 16.6 Å². The first-order valence-electron chi connectivity index (χ1n) is 10.3. The fourth-order valence-corrected chi connectivity index (χ4v) is 4.94. The smallest absolute Gasteiger partial charge is 0.129 e. The second-order valence-corrected chi connectivity index (χ2v) is 8.40. The summed E-state index contributed by atoms with van der Waals surface area (Å²) in [4.78, 5) is 11.7. The molecule has 0 saturated carbocycles. The van der Waals surface area contributed by atoms with Crippen LogP contribution in [0.15, 0.2) is 42.6 Å². The van der Waals surface area contributed by atoms with Gasteiger partial charge in [-0.1, -0.05) is 23.7 Å². The van der Waals surface area contributed by atoms with E-state index in [-0.39, 0.29) is 0 Å². The second-order valence-electron chi connectivity index (χ2n) is 8.01. The van der Waals surface area contributed by atoms with Crippen LogP contribution in [0.5, 0.6) is 0 Å². The van der Waals surface area contributed by atoms with Gasteiger partial charge in [-0.15, -0.1) is 0 Å². The Bertz CT molecular complexity index is 954. The van der Waals surface area contributed by atoms with Crippen LogP contribution in [0.1, 0.15) is 42.6 Å². The zero-order valence-corrected chi connectivity index (χ0v) is 16.8. The molecule has 2 aromatic heterocycles. The van der Waals surface area contributed by atoms with Crippen molar-refractivity contribution in [3.8, 4) is 0 Å². The van der Waals surface area contributed by atoms with Crippen molar-refractivity contribution in [3.63, 3.8) is 0 Å². The van der Waals surface area contributed by atoms with Crippen LogP contribution in [-0.4, -0.2) is 45.6 Å². The molecule has 2 fully saturated rings. The number of imidazole rings is 1. The van der Waals surface area contributed by atoms with Gasteiger partial charge in [0.05, 0.1) is 11.0 Å². The number of nitrogens with one attached hydrogen (secondary N) is 1. The van der Waals surface area contributed by atoms with Gasteiger partial charge in [0.25, 0.3) is 0 Å². The number of piperidine rings is 1. The third-order valence-corrected chi connectivity index (χ3v) is 6.37. The molecule has 5 rings (SSSR count). The van der Waals surface area contributed by atoms with Gasteiger partial charge in [-0.05, 0) is 55.6 Å². The normalized spacial score (nSPS) is 21.5. The lowest BCUT2D eigenvalue weighted by Crippen LogP contribution is -2.34. The van der Waals surface area contributed by atoms with E-state index in [0.29, 0.717) is 17.1 Å². The van der Waals surface area contributed by atoms with Gasteiger partial charge in [0.15, 0.2) is 0 Å². The summed E-state index contributed by atoms with van der Waals surface area (Å²) >= 11 is 6.04. The number of nitrogens with zero attached hydrogens (tertiary/aromatic N) is 4. The Kier molecular flexibility index (Phi) is 5.05. The molecule has 0 bridgehead atoms. The van der Waals surface area contributed by atoms with Crippen molar-refractivity contribution < 1.29 is 0 Å². The largest absolute Gasteiger partial charge is 0.324 e. The van der Waals surface area contributed by atoms with Crippen molar-refractivity contribution in [3.05, 3.63) is 59.1 Å². The highest BCUT2D eigenvalue weighted by molar-refractivity contribution is 6.29. The second kappa shape index (κ2) is 7.82. The van der Waals surface area contributed by atoms with E-state index in [1.807, 2.05) is 6.07 Å². The topological polar surface area (TPSA) is 46.0 Å². The van der Waals surface area contributed by atoms with Gasteiger partial charge in [0.2, 0.25) is 0 Å². The fourth-order valence-electron chi connectivity index (χ4n) is 4.74. The molecule has 0 spiro atoms. The molecule has 0 unspecified atom stereocenters. The number of benzene rings is 1. The van der Waals surface area contributed by atoms with Crippen LogP contribution in [0.3, 0.4) is 0 Å². The molecule has 2 aliphatic rings. The van der Waals surface area contributed by atoms with Gasteiger partial charge in [-0.2, -0.15) is 0 Å². The highest BCUT2D eigenvalue weighted by atomic mass is 35.5. The molecule has 2 aliphatic heterocycles. The van der Waals surface area contributed by atoms with Crippen molar-refractivity contribution in [2.75, 3.05) is 26.2 Å². The minimum absolute atomic E-state index is 0.528. The van der Waals surface area contributed by atoms with Crippen molar-refractivity contribution in [1.82, 2.24) is 24.8 Å². The van der Waals surface area contributed by atoms with Gasteiger partial charge < -0.3 is 9.88 Å². The van der Waals surface area contributed by atoms with Crippen LogP contribution < -0.4 is 5.32 Å². The number of fused-ring (bicyclic) bond motifs is 1. The Balaban J connectivity index is 1.36. The molecular formula is C22H26ClN5. The summed E-state index contributed by atoms with van der Waals surface area (Å²) in [6.07, 6.45) is 5.30. The Hall–Kier alpha value is -1.95. The first-order chi connectivity index (χ1) is 13.8. The lowest BCUT2D eigenvalue weighted by atomic mass is 10.0. The van der Waals surface area contributed by atoms with Crippen LogP contribution in [0, 0.1) is 0 Å². The van der Waals surface area contributed by atoms with Gasteiger partial charge >= 0.3 is 0 Å². The Morgan fingerprint density at radius 3 is 2.75 bits per heavy atom. The number of hydrogen-bond acceptors (Lipinski definition) is 4. The SMILES string of the molecule is Clc1cc(CN2CCC(n3c([C@@H]4CCNC4)nc4ccccc43)CC2)ccn1. The number of halogens is 1. The summed E-state index contributed by atoms with van der Waals surface area (Å²) < 4.78 is 2.56. The minimum Gasteiger partial charge on any atom is -0.324 e. The first kappa shape index (κ1) is 18.1. The number of likely N-dealkylation sites (tertiary alicyclic amines) is 1. The summed E-state index contributed by atoms with van der Waals surface area (Å²) in [5.41, 5.74) is 3.67. The number of rotatable bonds is 4. The zero-order chi connectivity index (χ0) is 18.9.